The van der Waals surface area contributed by atoms with Crippen LogP contribution in [0.15, 0.2) is 18.2 Å². The van der Waals surface area contributed by atoms with E-state index >= 15 is 0 Å². The fourth-order valence-corrected chi connectivity index (χ4v) is 3.86. The molecule has 2 heterocycles. The minimum atomic E-state index is -0.854. The predicted molar refractivity (Wildman–Crippen MR) is 92.6 cm³/mol. The molecule has 2 fully saturated rings. The van der Waals surface area contributed by atoms with Gasteiger partial charge in [0.05, 0.1) is 17.4 Å². The molecule has 1 atom stereocenters. The Bertz CT molecular complexity index is 593. The number of para-hydroxylation sites is 1. The van der Waals surface area contributed by atoms with Gasteiger partial charge in [0.2, 0.25) is 0 Å². The lowest BCUT2D eigenvalue weighted by atomic mass is 10.1. The topological polar surface area (TPSA) is 47.0 Å². The van der Waals surface area contributed by atoms with Crippen LogP contribution in [0.25, 0.3) is 0 Å². The van der Waals surface area contributed by atoms with Crippen LogP contribution < -0.4 is 4.90 Å². The van der Waals surface area contributed by atoms with E-state index in [4.69, 9.17) is 16.7 Å². The number of halogens is 2. The maximum absolute atomic E-state index is 12.9. The van der Waals surface area contributed by atoms with E-state index in [0.29, 0.717) is 37.7 Å². The number of hydrogen-bond acceptors (Lipinski definition) is 3. The van der Waals surface area contributed by atoms with Crippen molar-refractivity contribution in [3.8, 4) is 0 Å². The Balaban J connectivity index is 1.70. The van der Waals surface area contributed by atoms with Gasteiger partial charge in [-0.15, -0.1) is 0 Å². The van der Waals surface area contributed by atoms with Gasteiger partial charge in [-0.05, 0) is 18.1 Å². The molecule has 7 heteroatoms. The Labute approximate surface area is 146 Å². The van der Waals surface area contributed by atoms with Crippen molar-refractivity contribution in [1.82, 2.24) is 9.80 Å². The zero-order chi connectivity index (χ0) is 17.1. The van der Waals surface area contributed by atoms with Crippen molar-refractivity contribution >= 4 is 23.4 Å². The highest BCUT2D eigenvalue weighted by Gasteiger charge is 2.27. The quantitative estimate of drug-likeness (QED) is 0.902. The number of anilines is 1. The summed E-state index contributed by atoms with van der Waals surface area (Å²) in [7, 11) is 0. The zero-order valence-corrected chi connectivity index (χ0v) is 14.4. The monoisotopic (exact) mass is 355 g/mol. The summed E-state index contributed by atoms with van der Waals surface area (Å²) in [6.07, 6.45) is 0.00534. The van der Waals surface area contributed by atoms with E-state index in [0.717, 1.165) is 30.8 Å². The molecular formula is C17H23ClFN3O2. The first-order chi connectivity index (χ1) is 11.6. The number of alkyl halides is 1. The van der Waals surface area contributed by atoms with Crippen LogP contribution >= 0.6 is 11.6 Å². The maximum Gasteiger partial charge on any atom is 0.407 e. The summed E-state index contributed by atoms with van der Waals surface area (Å²) >= 11 is 6.44. The van der Waals surface area contributed by atoms with Gasteiger partial charge in [0.25, 0.3) is 0 Å². The molecular weight excluding hydrogens is 333 g/mol. The van der Waals surface area contributed by atoms with Crippen LogP contribution in [0.3, 0.4) is 0 Å². The number of nitrogens with zero attached hydrogens (tertiary/aromatic N) is 3. The largest absolute Gasteiger partial charge is 0.465 e. The highest BCUT2D eigenvalue weighted by atomic mass is 35.5. The highest BCUT2D eigenvalue weighted by molar-refractivity contribution is 6.33. The summed E-state index contributed by atoms with van der Waals surface area (Å²) in [5.41, 5.74) is 2.14. The number of amides is 1. The van der Waals surface area contributed by atoms with Gasteiger partial charge in [-0.3, -0.25) is 9.29 Å². The molecule has 1 aromatic rings. The SMILES string of the molecule is O=C(O)N1CCN(Cc2cccc(Cl)c2N2CCC(CF)C2)CC1. The molecule has 0 aromatic heterocycles. The lowest BCUT2D eigenvalue weighted by Gasteiger charge is -2.34. The number of benzene rings is 1. The molecule has 1 aromatic carbocycles. The van der Waals surface area contributed by atoms with Crippen molar-refractivity contribution in [2.24, 2.45) is 5.92 Å². The molecule has 0 radical (unpaired) electrons. The molecule has 0 saturated carbocycles. The predicted octanol–water partition coefficient (Wildman–Crippen LogP) is 2.93. The van der Waals surface area contributed by atoms with Crippen molar-refractivity contribution < 1.29 is 14.3 Å². The lowest BCUT2D eigenvalue weighted by molar-refractivity contribution is 0.103. The van der Waals surface area contributed by atoms with Crippen LogP contribution in [0, 0.1) is 5.92 Å². The van der Waals surface area contributed by atoms with Crippen LogP contribution in [-0.4, -0.2) is 66.9 Å². The van der Waals surface area contributed by atoms with Crippen molar-refractivity contribution in [1.29, 1.82) is 0 Å². The van der Waals surface area contributed by atoms with Gasteiger partial charge in [0.15, 0.2) is 0 Å². The fraction of sp³-hybridized carbons (Fsp3) is 0.588. The molecule has 0 spiro atoms. The van der Waals surface area contributed by atoms with E-state index in [9.17, 15) is 9.18 Å². The summed E-state index contributed by atoms with van der Waals surface area (Å²) in [4.78, 5) is 16.9. The van der Waals surface area contributed by atoms with E-state index in [1.807, 2.05) is 12.1 Å². The average molecular weight is 356 g/mol. The van der Waals surface area contributed by atoms with Crippen LogP contribution in [-0.2, 0) is 6.54 Å². The van der Waals surface area contributed by atoms with Crippen molar-refractivity contribution in [3.05, 3.63) is 28.8 Å². The molecule has 2 saturated heterocycles. The van der Waals surface area contributed by atoms with E-state index in [1.165, 1.54) is 4.90 Å². The molecule has 5 nitrogen and oxygen atoms in total. The Morgan fingerprint density at radius 3 is 2.62 bits per heavy atom. The number of hydrogen-bond donors (Lipinski definition) is 1. The third-order valence-corrected chi connectivity index (χ3v) is 5.23. The number of carbonyl (C=O) groups is 1. The van der Waals surface area contributed by atoms with Gasteiger partial charge in [0, 0.05) is 51.7 Å². The molecule has 1 N–H and O–H groups in total. The maximum atomic E-state index is 12.9. The molecule has 3 rings (SSSR count). The van der Waals surface area contributed by atoms with Gasteiger partial charge in [-0.2, -0.15) is 0 Å². The Kier molecular flexibility index (Phi) is 5.46. The molecule has 0 bridgehead atoms. The fourth-order valence-electron chi connectivity index (χ4n) is 3.54. The van der Waals surface area contributed by atoms with Crippen LogP contribution in [0.2, 0.25) is 5.02 Å². The van der Waals surface area contributed by atoms with Gasteiger partial charge < -0.3 is 14.9 Å². The second-order valence-electron chi connectivity index (χ2n) is 6.55. The van der Waals surface area contributed by atoms with Gasteiger partial charge in [-0.25, -0.2) is 4.79 Å². The lowest BCUT2D eigenvalue weighted by Crippen LogP contribution is -2.47. The second-order valence-corrected chi connectivity index (χ2v) is 6.96. The molecule has 0 aliphatic carbocycles. The summed E-state index contributed by atoms with van der Waals surface area (Å²) in [5, 5.41) is 9.74. The molecule has 1 amide bonds. The van der Waals surface area contributed by atoms with Crippen molar-refractivity contribution in [2.45, 2.75) is 13.0 Å². The standard InChI is InChI=1S/C17H23ClFN3O2/c18-15-3-1-2-14(16(15)22-5-4-13(10-19)11-22)12-20-6-8-21(9-7-20)17(23)24/h1-3,13H,4-12H2,(H,23,24). The Hall–Kier alpha value is -1.53. The minimum Gasteiger partial charge on any atom is -0.465 e. The summed E-state index contributed by atoms with van der Waals surface area (Å²) in [6, 6.07) is 5.89. The van der Waals surface area contributed by atoms with Crippen LogP contribution in [0.1, 0.15) is 12.0 Å². The Morgan fingerprint density at radius 2 is 2.00 bits per heavy atom. The van der Waals surface area contributed by atoms with Crippen LogP contribution in [0.5, 0.6) is 0 Å². The van der Waals surface area contributed by atoms with Crippen LogP contribution in [0.4, 0.5) is 14.9 Å². The number of piperazine rings is 1. The van der Waals surface area contributed by atoms with Gasteiger partial charge in [0.1, 0.15) is 0 Å². The first-order valence-electron chi connectivity index (χ1n) is 8.37. The number of carboxylic acid groups (broad SMARTS) is 1. The first kappa shape index (κ1) is 17.3. The third-order valence-electron chi connectivity index (χ3n) is 4.93. The molecule has 24 heavy (non-hydrogen) atoms. The first-order valence-corrected chi connectivity index (χ1v) is 8.75. The van der Waals surface area contributed by atoms with E-state index in [-0.39, 0.29) is 12.6 Å². The highest BCUT2D eigenvalue weighted by Crippen LogP contribution is 2.34. The minimum absolute atomic E-state index is 0.0910. The van der Waals surface area contributed by atoms with E-state index in [1.54, 1.807) is 0 Å². The van der Waals surface area contributed by atoms with E-state index < -0.39 is 6.09 Å². The van der Waals surface area contributed by atoms with Crippen molar-refractivity contribution in [3.63, 3.8) is 0 Å². The van der Waals surface area contributed by atoms with Gasteiger partial charge in [-0.1, -0.05) is 23.7 Å². The smallest absolute Gasteiger partial charge is 0.407 e. The average Bonchev–Trinajstić information content (AvgIpc) is 3.04. The second kappa shape index (κ2) is 7.57. The molecule has 2 aliphatic heterocycles. The molecule has 1 unspecified atom stereocenters. The summed E-state index contributed by atoms with van der Waals surface area (Å²) in [6.45, 7) is 4.47. The van der Waals surface area contributed by atoms with Gasteiger partial charge >= 0.3 is 6.09 Å². The number of rotatable bonds is 4. The molecule has 2 aliphatic rings. The zero-order valence-electron chi connectivity index (χ0n) is 13.6. The summed E-state index contributed by atoms with van der Waals surface area (Å²) in [5.74, 6) is 0.0910. The summed E-state index contributed by atoms with van der Waals surface area (Å²) < 4.78 is 12.9. The normalized spacial score (nSPS) is 22.2. The third kappa shape index (κ3) is 3.75. The Morgan fingerprint density at radius 1 is 1.25 bits per heavy atom. The van der Waals surface area contributed by atoms with E-state index in [2.05, 4.69) is 15.9 Å². The molecule has 132 valence electrons. The van der Waals surface area contributed by atoms with Crippen molar-refractivity contribution in [2.75, 3.05) is 50.8 Å².